The van der Waals surface area contributed by atoms with Gasteiger partial charge in [0.15, 0.2) is 0 Å². The highest BCUT2D eigenvalue weighted by molar-refractivity contribution is 9.11. The summed E-state index contributed by atoms with van der Waals surface area (Å²) in [4.78, 5) is 0. The number of hydrogen-bond donors (Lipinski definition) is 0. The fourth-order valence-corrected chi connectivity index (χ4v) is 7.85. The second-order valence-corrected chi connectivity index (χ2v) is 9.46. The molecule has 0 unspecified atom stereocenters. The van der Waals surface area contributed by atoms with Crippen LogP contribution in [0.3, 0.4) is 0 Å². The largest absolute Gasteiger partial charge is 0.0622 e. The van der Waals surface area contributed by atoms with Gasteiger partial charge in [0.05, 0.1) is 0 Å². The normalized spacial score (nSPS) is 11.2. The number of hydrogen-bond acceptors (Lipinski definition) is 0. The number of rotatable bonds is 3. The minimum absolute atomic E-state index is 0.647. The molecule has 0 heterocycles. The predicted octanol–water partition coefficient (Wildman–Crippen LogP) is 6.07. The van der Waals surface area contributed by atoms with Crippen molar-refractivity contribution in [2.24, 2.45) is 0 Å². The first-order valence-corrected chi connectivity index (χ1v) is 11.0. The standard InChI is InChI=1S/C22H15Br2P/c23-20-18-14-8-3-9-15-19(18)21(24)22(20)25(16-10-4-1-5-11-16)17-12-6-2-7-13-17/h1-15H. The highest BCUT2D eigenvalue weighted by atomic mass is 79.9. The Kier molecular flexibility index (Phi) is 5.03. The first kappa shape index (κ1) is 17.0. The van der Waals surface area contributed by atoms with E-state index in [4.69, 9.17) is 0 Å². The summed E-state index contributed by atoms with van der Waals surface area (Å²) in [6.07, 6.45) is 0. The summed E-state index contributed by atoms with van der Waals surface area (Å²) in [7, 11) is -0.647. The Morgan fingerprint density at radius 2 is 0.840 bits per heavy atom. The van der Waals surface area contributed by atoms with E-state index in [1.165, 1.54) is 36.0 Å². The molecule has 0 radical (unpaired) electrons. The minimum Gasteiger partial charge on any atom is -0.0622 e. The van der Waals surface area contributed by atoms with E-state index < -0.39 is 7.92 Å². The first-order valence-electron chi connectivity index (χ1n) is 8.03. The zero-order chi connectivity index (χ0) is 17.2. The van der Waals surface area contributed by atoms with Gasteiger partial charge in [-0.1, -0.05) is 91.0 Å². The average molecular weight is 470 g/mol. The SMILES string of the molecule is Brc1c2cccccc-2c(Br)c1P(c1ccccc1)c1ccccc1. The molecule has 0 atom stereocenters. The Morgan fingerprint density at radius 3 is 1.24 bits per heavy atom. The lowest BCUT2D eigenvalue weighted by Gasteiger charge is -2.19. The van der Waals surface area contributed by atoms with Crippen molar-refractivity contribution in [3.05, 3.63) is 99.9 Å². The average Bonchev–Trinajstić information content (AvgIpc) is 2.84. The number of fused-ring (bicyclic) bond motifs is 1. The first-order chi connectivity index (χ1) is 12.3. The molecule has 0 amide bonds. The molecule has 0 bridgehead atoms. The topological polar surface area (TPSA) is 0 Å². The monoisotopic (exact) mass is 468 g/mol. The van der Waals surface area contributed by atoms with Crippen LogP contribution in [0.4, 0.5) is 0 Å². The summed E-state index contributed by atoms with van der Waals surface area (Å²) in [5.41, 5.74) is 2.48. The van der Waals surface area contributed by atoms with Crippen LogP contribution in [0.5, 0.6) is 0 Å². The van der Waals surface area contributed by atoms with E-state index in [-0.39, 0.29) is 0 Å². The Hall–Kier alpha value is -1.47. The van der Waals surface area contributed by atoms with Crippen LogP contribution < -0.4 is 15.9 Å². The van der Waals surface area contributed by atoms with Crippen LogP contribution in [0.1, 0.15) is 0 Å². The Morgan fingerprint density at radius 1 is 0.480 bits per heavy atom. The molecule has 0 aromatic heterocycles. The molecule has 3 heteroatoms. The van der Waals surface area contributed by atoms with Gasteiger partial charge >= 0.3 is 0 Å². The molecule has 0 N–H and O–H groups in total. The molecule has 0 aliphatic heterocycles. The molecule has 0 nitrogen and oxygen atoms in total. The lowest BCUT2D eigenvalue weighted by Crippen LogP contribution is -2.21. The lowest BCUT2D eigenvalue weighted by molar-refractivity contribution is 1.75. The molecule has 2 aromatic carbocycles. The summed E-state index contributed by atoms with van der Waals surface area (Å²) < 4.78 is 2.37. The summed E-state index contributed by atoms with van der Waals surface area (Å²) in [6, 6.07) is 32.2. The third-order valence-corrected chi connectivity index (χ3v) is 8.96. The van der Waals surface area contributed by atoms with Crippen LogP contribution in [0.15, 0.2) is 99.9 Å². The molecule has 0 saturated carbocycles. The van der Waals surface area contributed by atoms with E-state index >= 15 is 0 Å². The second-order valence-electron chi connectivity index (χ2n) is 5.72. The van der Waals surface area contributed by atoms with Crippen LogP contribution in [0.25, 0.3) is 11.1 Å². The van der Waals surface area contributed by atoms with E-state index in [1.54, 1.807) is 0 Å². The van der Waals surface area contributed by atoms with Gasteiger partial charge < -0.3 is 0 Å². The van der Waals surface area contributed by atoms with Crippen molar-refractivity contribution in [1.29, 1.82) is 0 Å². The highest BCUT2D eigenvalue weighted by Crippen LogP contribution is 2.46. The van der Waals surface area contributed by atoms with Gasteiger partial charge in [0.25, 0.3) is 0 Å². The van der Waals surface area contributed by atoms with Gasteiger partial charge in [0, 0.05) is 14.2 Å². The predicted molar refractivity (Wildman–Crippen MR) is 117 cm³/mol. The molecule has 2 aliphatic rings. The van der Waals surface area contributed by atoms with Crippen LogP contribution in [-0.4, -0.2) is 0 Å². The molecular weight excluding hydrogens is 455 g/mol. The third kappa shape index (κ3) is 3.19. The quantitative estimate of drug-likeness (QED) is 0.319. The Labute approximate surface area is 166 Å². The maximum atomic E-state index is 3.90. The molecule has 0 fully saturated rings. The number of halogens is 2. The van der Waals surface area contributed by atoms with E-state index in [0.29, 0.717) is 0 Å². The Balaban J connectivity index is 2.02. The van der Waals surface area contributed by atoms with E-state index in [2.05, 4.69) is 123 Å². The number of benzene rings is 2. The molecule has 4 rings (SSSR count). The van der Waals surface area contributed by atoms with Crippen molar-refractivity contribution in [1.82, 2.24) is 0 Å². The fourth-order valence-electron chi connectivity index (χ4n) is 3.04. The molecular formula is C22H15Br2P. The minimum atomic E-state index is -0.647. The maximum Gasteiger partial charge on any atom is 0.0349 e. The zero-order valence-electron chi connectivity index (χ0n) is 13.4. The smallest absolute Gasteiger partial charge is 0.0349 e. The van der Waals surface area contributed by atoms with Crippen LogP contribution in [0.2, 0.25) is 0 Å². The van der Waals surface area contributed by atoms with Gasteiger partial charge in [-0.3, -0.25) is 0 Å². The Bertz CT molecular complexity index is 891. The second kappa shape index (κ2) is 7.41. The van der Waals surface area contributed by atoms with Crippen molar-refractivity contribution >= 4 is 55.7 Å². The molecule has 122 valence electrons. The molecule has 0 spiro atoms. The van der Waals surface area contributed by atoms with Crippen LogP contribution >= 0.6 is 39.8 Å². The molecule has 25 heavy (non-hydrogen) atoms. The molecule has 2 aromatic rings. The van der Waals surface area contributed by atoms with Gasteiger partial charge in [-0.05, 0) is 61.5 Å². The van der Waals surface area contributed by atoms with Gasteiger partial charge in [-0.25, -0.2) is 0 Å². The summed E-state index contributed by atoms with van der Waals surface area (Å²) in [5, 5.41) is 4.04. The van der Waals surface area contributed by atoms with Crippen molar-refractivity contribution in [3.63, 3.8) is 0 Å². The van der Waals surface area contributed by atoms with E-state index in [9.17, 15) is 0 Å². The van der Waals surface area contributed by atoms with Gasteiger partial charge in [0.1, 0.15) is 0 Å². The van der Waals surface area contributed by atoms with Crippen LogP contribution in [-0.2, 0) is 0 Å². The summed E-state index contributed by atoms with van der Waals surface area (Å²) in [6.45, 7) is 0. The zero-order valence-corrected chi connectivity index (χ0v) is 17.4. The van der Waals surface area contributed by atoms with Crippen molar-refractivity contribution in [2.45, 2.75) is 0 Å². The summed E-state index contributed by atoms with van der Waals surface area (Å²) >= 11 is 7.81. The molecule has 0 saturated heterocycles. The fraction of sp³-hybridized carbons (Fsp3) is 0. The van der Waals surface area contributed by atoms with Gasteiger partial charge in [0.2, 0.25) is 0 Å². The van der Waals surface area contributed by atoms with Crippen LogP contribution in [0, 0.1) is 0 Å². The van der Waals surface area contributed by atoms with Crippen molar-refractivity contribution < 1.29 is 0 Å². The van der Waals surface area contributed by atoms with Crippen molar-refractivity contribution in [3.8, 4) is 11.1 Å². The lowest BCUT2D eigenvalue weighted by atomic mass is 10.2. The van der Waals surface area contributed by atoms with E-state index in [0.717, 1.165) is 0 Å². The molecule has 2 aliphatic carbocycles. The maximum absolute atomic E-state index is 3.90. The summed E-state index contributed by atoms with van der Waals surface area (Å²) in [5.74, 6) is 0. The third-order valence-electron chi connectivity index (χ3n) is 4.18. The van der Waals surface area contributed by atoms with Gasteiger partial charge in [-0.2, -0.15) is 0 Å². The van der Waals surface area contributed by atoms with Gasteiger partial charge in [-0.15, -0.1) is 0 Å². The van der Waals surface area contributed by atoms with Crippen molar-refractivity contribution in [2.75, 3.05) is 0 Å². The highest BCUT2D eigenvalue weighted by Gasteiger charge is 2.27. The van der Waals surface area contributed by atoms with E-state index in [1.807, 2.05) is 0 Å².